The normalized spacial score (nSPS) is 18.8. The maximum Gasteiger partial charge on any atom is 0.407 e. The van der Waals surface area contributed by atoms with Crippen molar-refractivity contribution in [3.63, 3.8) is 0 Å². The zero-order chi connectivity index (χ0) is 26.1. The summed E-state index contributed by atoms with van der Waals surface area (Å²) in [6.45, 7) is 1.92. The molecule has 0 bridgehead atoms. The van der Waals surface area contributed by atoms with Gasteiger partial charge in [0.15, 0.2) is 0 Å². The molecule has 0 saturated heterocycles. The van der Waals surface area contributed by atoms with Crippen molar-refractivity contribution in [2.45, 2.75) is 56.1 Å². The van der Waals surface area contributed by atoms with Gasteiger partial charge < -0.3 is 14.8 Å². The third-order valence-electron chi connectivity index (χ3n) is 6.35. The number of nitrogens with one attached hydrogen (secondary N) is 2. The summed E-state index contributed by atoms with van der Waals surface area (Å²) in [6, 6.07) is 13.6. The number of nitrogens with zero attached hydrogens (tertiary/aromatic N) is 1. The molecule has 0 spiro atoms. The van der Waals surface area contributed by atoms with E-state index in [-0.39, 0.29) is 30.0 Å². The van der Waals surface area contributed by atoms with Crippen molar-refractivity contribution < 1.29 is 32.7 Å². The SMILES string of the molecule is CCOC(=O)N[C@H]1CC[C@H]([C@H](C(=O)NO)N(Cc2ccccc2)S(=O)(=O)c2ccc(OC)cc2)CC1. The van der Waals surface area contributed by atoms with Crippen LogP contribution in [0.1, 0.15) is 38.2 Å². The number of carbonyl (C=O) groups is 2. The lowest BCUT2D eigenvalue weighted by Gasteiger charge is -2.38. The highest BCUT2D eigenvalue weighted by Gasteiger charge is 2.42. The first kappa shape index (κ1) is 27.4. The Morgan fingerprint density at radius 2 is 1.69 bits per heavy atom. The van der Waals surface area contributed by atoms with Crippen LogP contribution in [0.15, 0.2) is 59.5 Å². The Morgan fingerprint density at radius 1 is 1.06 bits per heavy atom. The molecule has 0 unspecified atom stereocenters. The van der Waals surface area contributed by atoms with Crippen LogP contribution in [-0.2, 0) is 26.1 Å². The maximum atomic E-state index is 13.9. The molecule has 2 aromatic carbocycles. The number of ether oxygens (including phenoxy) is 2. The van der Waals surface area contributed by atoms with E-state index in [0.29, 0.717) is 37.0 Å². The average Bonchev–Trinajstić information content (AvgIpc) is 2.89. The Hall–Kier alpha value is -3.15. The van der Waals surface area contributed by atoms with Crippen LogP contribution in [0.25, 0.3) is 0 Å². The van der Waals surface area contributed by atoms with Gasteiger partial charge in [-0.1, -0.05) is 30.3 Å². The minimum Gasteiger partial charge on any atom is -0.497 e. The van der Waals surface area contributed by atoms with E-state index < -0.39 is 28.1 Å². The lowest BCUT2D eigenvalue weighted by atomic mass is 9.81. The first-order valence-electron chi connectivity index (χ1n) is 11.9. The Balaban J connectivity index is 1.93. The molecule has 2 aromatic rings. The summed E-state index contributed by atoms with van der Waals surface area (Å²) in [4.78, 5) is 24.8. The number of alkyl carbamates (subject to hydrolysis) is 1. The summed E-state index contributed by atoms with van der Waals surface area (Å²) < 4.78 is 39.0. The topological polar surface area (TPSA) is 134 Å². The molecule has 0 aromatic heterocycles. The Labute approximate surface area is 211 Å². The van der Waals surface area contributed by atoms with E-state index in [2.05, 4.69) is 5.32 Å². The number of amides is 2. The van der Waals surface area contributed by atoms with E-state index in [1.54, 1.807) is 48.8 Å². The van der Waals surface area contributed by atoms with Gasteiger partial charge in [-0.2, -0.15) is 4.31 Å². The first-order chi connectivity index (χ1) is 17.3. The molecule has 1 atom stereocenters. The summed E-state index contributed by atoms with van der Waals surface area (Å²) >= 11 is 0. The molecule has 0 radical (unpaired) electrons. The maximum absolute atomic E-state index is 13.9. The van der Waals surface area contributed by atoms with Crippen LogP contribution in [-0.4, -0.2) is 55.7 Å². The van der Waals surface area contributed by atoms with Gasteiger partial charge in [0.1, 0.15) is 11.8 Å². The number of hydroxylamine groups is 1. The molecule has 1 aliphatic carbocycles. The van der Waals surface area contributed by atoms with Crippen LogP contribution in [0.3, 0.4) is 0 Å². The van der Waals surface area contributed by atoms with Crippen LogP contribution in [0, 0.1) is 5.92 Å². The summed E-state index contributed by atoms with van der Waals surface area (Å²) in [6.07, 6.45) is 1.52. The fourth-order valence-corrected chi connectivity index (χ4v) is 6.18. The summed E-state index contributed by atoms with van der Waals surface area (Å²) in [5, 5.41) is 12.4. The smallest absolute Gasteiger partial charge is 0.407 e. The highest BCUT2D eigenvalue weighted by Crippen LogP contribution is 2.34. The van der Waals surface area contributed by atoms with E-state index in [4.69, 9.17) is 9.47 Å². The number of hydrogen-bond donors (Lipinski definition) is 3. The van der Waals surface area contributed by atoms with E-state index in [0.717, 1.165) is 4.31 Å². The zero-order valence-electron chi connectivity index (χ0n) is 20.4. The summed E-state index contributed by atoms with van der Waals surface area (Å²) in [5.41, 5.74) is 2.37. The average molecular weight is 520 g/mol. The highest BCUT2D eigenvalue weighted by atomic mass is 32.2. The van der Waals surface area contributed by atoms with Gasteiger partial charge in [-0.05, 0) is 68.4 Å². The van der Waals surface area contributed by atoms with Crippen molar-refractivity contribution >= 4 is 22.0 Å². The summed E-state index contributed by atoms with van der Waals surface area (Å²) in [5.74, 6) is -0.681. The van der Waals surface area contributed by atoms with Gasteiger partial charge >= 0.3 is 6.09 Å². The molecule has 3 rings (SSSR count). The second kappa shape index (κ2) is 12.7. The van der Waals surface area contributed by atoms with Crippen LogP contribution in [0.5, 0.6) is 5.75 Å². The molecule has 196 valence electrons. The molecule has 1 fully saturated rings. The third-order valence-corrected chi connectivity index (χ3v) is 8.19. The van der Waals surface area contributed by atoms with Crippen LogP contribution in [0.2, 0.25) is 0 Å². The van der Waals surface area contributed by atoms with Crippen molar-refractivity contribution in [3.05, 3.63) is 60.2 Å². The van der Waals surface area contributed by atoms with Crippen LogP contribution in [0.4, 0.5) is 4.79 Å². The van der Waals surface area contributed by atoms with Crippen LogP contribution < -0.4 is 15.5 Å². The lowest BCUT2D eigenvalue weighted by Crippen LogP contribution is -2.53. The number of rotatable bonds is 10. The standard InChI is InChI=1S/C25H33N3O7S/c1-3-35-25(30)26-20-11-9-19(10-12-20)23(24(29)27-31)28(17-18-7-5-4-6-8-18)36(32,33)22-15-13-21(34-2)14-16-22/h4-8,13-16,19-20,23,31H,3,9-12,17H2,1-2H3,(H,26,30)(H,27,29)/t19-,20-,23-/m1/s1. The van der Waals surface area contributed by atoms with E-state index in [1.165, 1.54) is 19.2 Å². The van der Waals surface area contributed by atoms with Crippen molar-refractivity contribution in [3.8, 4) is 5.75 Å². The fraction of sp³-hybridized carbons (Fsp3) is 0.440. The van der Waals surface area contributed by atoms with Gasteiger partial charge in [0.05, 0.1) is 18.6 Å². The molecule has 36 heavy (non-hydrogen) atoms. The van der Waals surface area contributed by atoms with Crippen LogP contribution >= 0.6 is 0 Å². The molecule has 2 amide bonds. The largest absolute Gasteiger partial charge is 0.497 e. The highest BCUT2D eigenvalue weighted by molar-refractivity contribution is 7.89. The Kier molecular flexibility index (Phi) is 9.68. The molecule has 0 heterocycles. The van der Waals surface area contributed by atoms with E-state index in [1.807, 2.05) is 6.07 Å². The Morgan fingerprint density at radius 3 is 2.25 bits per heavy atom. The molecule has 3 N–H and O–H groups in total. The molecular formula is C25H33N3O7S. The van der Waals surface area contributed by atoms with Crippen molar-refractivity contribution in [1.29, 1.82) is 0 Å². The first-order valence-corrected chi connectivity index (χ1v) is 13.3. The van der Waals surface area contributed by atoms with Gasteiger partial charge in [0.2, 0.25) is 10.0 Å². The minimum absolute atomic E-state index is 0.00707. The van der Waals surface area contributed by atoms with Crippen molar-refractivity contribution in [2.24, 2.45) is 5.92 Å². The monoisotopic (exact) mass is 519 g/mol. The van der Waals surface area contributed by atoms with Gasteiger partial charge in [-0.3, -0.25) is 10.0 Å². The van der Waals surface area contributed by atoms with Gasteiger partial charge in [-0.15, -0.1) is 0 Å². The molecular weight excluding hydrogens is 486 g/mol. The predicted octanol–water partition coefficient (Wildman–Crippen LogP) is 3.07. The number of carbonyl (C=O) groups excluding carboxylic acids is 2. The Bertz CT molecular complexity index is 1100. The molecule has 10 nitrogen and oxygen atoms in total. The zero-order valence-corrected chi connectivity index (χ0v) is 21.2. The van der Waals surface area contributed by atoms with Gasteiger partial charge in [0, 0.05) is 12.6 Å². The molecule has 1 saturated carbocycles. The summed E-state index contributed by atoms with van der Waals surface area (Å²) in [7, 11) is -2.67. The predicted molar refractivity (Wildman–Crippen MR) is 132 cm³/mol. The van der Waals surface area contributed by atoms with E-state index >= 15 is 0 Å². The minimum atomic E-state index is -4.15. The number of sulfonamides is 1. The molecule has 1 aliphatic rings. The number of hydrogen-bond acceptors (Lipinski definition) is 7. The van der Waals surface area contributed by atoms with Crippen molar-refractivity contribution in [1.82, 2.24) is 15.1 Å². The second-order valence-electron chi connectivity index (χ2n) is 8.61. The number of methoxy groups -OCH3 is 1. The molecule has 11 heteroatoms. The van der Waals surface area contributed by atoms with Crippen molar-refractivity contribution in [2.75, 3.05) is 13.7 Å². The van der Waals surface area contributed by atoms with Gasteiger partial charge in [-0.25, -0.2) is 18.7 Å². The quantitative estimate of drug-likeness (QED) is 0.324. The van der Waals surface area contributed by atoms with Gasteiger partial charge in [0.25, 0.3) is 5.91 Å². The lowest BCUT2D eigenvalue weighted by molar-refractivity contribution is -0.135. The number of benzene rings is 2. The molecule has 0 aliphatic heterocycles. The fourth-order valence-electron chi connectivity index (χ4n) is 4.54. The third kappa shape index (κ3) is 6.74. The second-order valence-corrected chi connectivity index (χ2v) is 10.5. The van der Waals surface area contributed by atoms with E-state index in [9.17, 15) is 23.2 Å².